The number of hydrogen-bond acceptors (Lipinski definition) is 2. The van der Waals surface area contributed by atoms with Gasteiger partial charge in [-0.3, -0.25) is 0 Å². The minimum atomic E-state index is 0.758. The number of hydrogen-bond donors (Lipinski definition) is 1. The second kappa shape index (κ2) is 4.79. The number of thiophene rings is 1. The van der Waals surface area contributed by atoms with Gasteiger partial charge in [0.05, 0.1) is 0 Å². The maximum atomic E-state index is 3.71. The van der Waals surface area contributed by atoms with Crippen molar-refractivity contribution in [1.29, 1.82) is 0 Å². The largest absolute Gasteiger partial charge is 0.310 e. The van der Waals surface area contributed by atoms with E-state index in [0.29, 0.717) is 0 Å². The molecule has 1 aliphatic carbocycles. The van der Waals surface area contributed by atoms with E-state index in [-0.39, 0.29) is 0 Å². The van der Waals surface area contributed by atoms with Crippen LogP contribution in [0.2, 0.25) is 0 Å². The average molecular weight is 245 g/mol. The molecule has 0 spiro atoms. The van der Waals surface area contributed by atoms with E-state index in [4.69, 9.17) is 0 Å². The third kappa shape index (κ3) is 2.24. The summed E-state index contributed by atoms with van der Waals surface area (Å²) in [5, 5.41) is 7.50. The van der Waals surface area contributed by atoms with Crippen LogP contribution in [0, 0.1) is 6.92 Å². The fourth-order valence-corrected chi connectivity index (χ4v) is 3.90. The quantitative estimate of drug-likeness (QED) is 0.852. The molecule has 90 valence electrons. The smallest absolute Gasteiger partial charge is 0.0348 e. The van der Waals surface area contributed by atoms with Gasteiger partial charge in [-0.2, -0.15) is 0 Å². The lowest BCUT2D eigenvalue weighted by molar-refractivity contribution is 0.526. The lowest BCUT2D eigenvalue weighted by atomic mass is 10.1. The Morgan fingerprint density at radius 1 is 1.29 bits per heavy atom. The summed E-state index contributed by atoms with van der Waals surface area (Å²) in [7, 11) is 0. The molecule has 17 heavy (non-hydrogen) atoms. The molecule has 0 unspecified atom stereocenters. The zero-order valence-corrected chi connectivity index (χ0v) is 11.1. The number of fused-ring (bicyclic) bond motifs is 1. The lowest BCUT2D eigenvalue weighted by Crippen LogP contribution is -2.25. The first-order valence-corrected chi connectivity index (χ1v) is 7.41. The first-order valence-electron chi connectivity index (χ1n) is 6.53. The van der Waals surface area contributed by atoms with Crippen molar-refractivity contribution >= 4 is 21.4 Å². The van der Waals surface area contributed by atoms with Crippen LogP contribution in [-0.2, 0) is 6.54 Å². The molecule has 1 aliphatic rings. The monoisotopic (exact) mass is 245 g/mol. The van der Waals surface area contributed by atoms with Crippen LogP contribution < -0.4 is 5.32 Å². The first kappa shape index (κ1) is 11.2. The Morgan fingerprint density at radius 3 is 2.94 bits per heavy atom. The molecule has 0 saturated heterocycles. The third-order valence-corrected chi connectivity index (χ3v) is 4.82. The van der Waals surface area contributed by atoms with Crippen molar-refractivity contribution in [3.63, 3.8) is 0 Å². The molecular weight excluding hydrogens is 226 g/mol. The standard InChI is InChI=1S/C15H19NS/c1-11-5-4-8-14-15(11)12(10-17-14)9-16-13-6-2-3-7-13/h4-5,8,10,13,16H,2-3,6-7,9H2,1H3. The fraction of sp³-hybridized carbons (Fsp3) is 0.467. The van der Waals surface area contributed by atoms with E-state index in [9.17, 15) is 0 Å². The van der Waals surface area contributed by atoms with E-state index < -0.39 is 0 Å². The van der Waals surface area contributed by atoms with Crippen molar-refractivity contribution in [2.75, 3.05) is 0 Å². The zero-order chi connectivity index (χ0) is 11.7. The molecule has 1 saturated carbocycles. The van der Waals surface area contributed by atoms with E-state index in [1.807, 2.05) is 11.3 Å². The molecule has 3 rings (SSSR count). The molecule has 1 aromatic carbocycles. The Hall–Kier alpha value is -0.860. The maximum Gasteiger partial charge on any atom is 0.0348 e. The summed E-state index contributed by atoms with van der Waals surface area (Å²) in [5.41, 5.74) is 2.89. The van der Waals surface area contributed by atoms with Gasteiger partial charge >= 0.3 is 0 Å². The molecule has 2 aromatic rings. The van der Waals surface area contributed by atoms with Crippen LogP contribution in [0.5, 0.6) is 0 Å². The van der Waals surface area contributed by atoms with Crippen molar-refractivity contribution in [2.24, 2.45) is 0 Å². The van der Waals surface area contributed by atoms with Gasteiger partial charge in [-0.15, -0.1) is 11.3 Å². The first-order chi connectivity index (χ1) is 8.34. The van der Waals surface area contributed by atoms with Crippen LogP contribution in [0.1, 0.15) is 36.8 Å². The predicted octanol–water partition coefficient (Wildman–Crippen LogP) is 4.24. The van der Waals surface area contributed by atoms with Gasteiger partial charge in [-0.1, -0.05) is 25.0 Å². The highest BCUT2D eigenvalue weighted by molar-refractivity contribution is 7.17. The fourth-order valence-electron chi connectivity index (χ4n) is 2.86. The Morgan fingerprint density at radius 2 is 2.12 bits per heavy atom. The minimum Gasteiger partial charge on any atom is -0.310 e. The predicted molar refractivity (Wildman–Crippen MR) is 75.7 cm³/mol. The van der Waals surface area contributed by atoms with E-state index in [0.717, 1.165) is 12.6 Å². The molecule has 0 radical (unpaired) electrons. The summed E-state index contributed by atoms with van der Waals surface area (Å²) in [6.45, 7) is 3.25. The SMILES string of the molecule is Cc1cccc2scc(CNC3CCCC3)c12. The van der Waals surface area contributed by atoms with Gasteiger partial charge in [0.25, 0.3) is 0 Å². The van der Waals surface area contributed by atoms with Crippen LogP contribution in [0.15, 0.2) is 23.6 Å². The molecule has 1 fully saturated rings. The van der Waals surface area contributed by atoms with Crippen molar-refractivity contribution in [3.05, 3.63) is 34.7 Å². The number of nitrogens with one attached hydrogen (secondary N) is 1. The van der Waals surface area contributed by atoms with Crippen LogP contribution in [-0.4, -0.2) is 6.04 Å². The summed E-state index contributed by atoms with van der Waals surface area (Å²) < 4.78 is 1.42. The van der Waals surface area contributed by atoms with Crippen molar-refractivity contribution < 1.29 is 0 Å². The highest BCUT2D eigenvalue weighted by Gasteiger charge is 2.15. The molecule has 1 nitrogen and oxygen atoms in total. The molecule has 0 amide bonds. The van der Waals surface area contributed by atoms with Gasteiger partial charge in [-0.25, -0.2) is 0 Å². The van der Waals surface area contributed by atoms with Gasteiger partial charge < -0.3 is 5.32 Å². The average Bonchev–Trinajstić information content (AvgIpc) is 2.95. The minimum absolute atomic E-state index is 0.758. The Labute approximate surface area is 107 Å². The summed E-state index contributed by atoms with van der Waals surface area (Å²) in [4.78, 5) is 0. The van der Waals surface area contributed by atoms with Gasteiger partial charge in [0.2, 0.25) is 0 Å². The normalized spacial score (nSPS) is 17.0. The van der Waals surface area contributed by atoms with Crippen molar-refractivity contribution in [2.45, 2.75) is 45.2 Å². The lowest BCUT2D eigenvalue weighted by Gasteiger charge is -2.11. The second-order valence-electron chi connectivity index (χ2n) is 5.07. The third-order valence-electron chi connectivity index (χ3n) is 3.82. The van der Waals surface area contributed by atoms with Gasteiger partial charge in [0, 0.05) is 17.3 Å². The molecule has 2 heteroatoms. The highest BCUT2D eigenvalue weighted by atomic mass is 32.1. The van der Waals surface area contributed by atoms with Crippen LogP contribution in [0.25, 0.3) is 10.1 Å². The topological polar surface area (TPSA) is 12.0 Å². The maximum absolute atomic E-state index is 3.71. The summed E-state index contributed by atoms with van der Waals surface area (Å²) >= 11 is 1.87. The van der Waals surface area contributed by atoms with E-state index in [2.05, 4.69) is 35.8 Å². The van der Waals surface area contributed by atoms with E-state index in [1.165, 1.54) is 46.9 Å². The van der Waals surface area contributed by atoms with Crippen molar-refractivity contribution in [1.82, 2.24) is 5.32 Å². The van der Waals surface area contributed by atoms with Gasteiger partial charge in [0.1, 0.15) is 0 Å². The summed E-state index contributed by atoms with van der Waals surface area (Å²) in [6, 6.07) is 7.36. The highest BCUT2D eigenvalue weighted by Crippen LogP contribution is 2.29. The molecule has 0 bridgehead atoms. The Balaban J connectivity index is 1.80. The summed E-state index contributed by atoms with van der Waals surface area (Å²) in [5.74, 6) is 0. The van der Waals surface area contributed by atoms with E-state index in [1.54, 1.807) is 0 Å². The van der Waals surface area contributed by atoms with Gasteiger partial charge in [0.15, 0.2) is 0 Å². The molecule has 0 atom stereocenters. The molecule has 0 aliphatic heterocycles. The molecule has 1 heterocycles. The Bertz CT molecular complexity index is 509. The number of aryl methyl sites for hydroxylation is 1. The van der Waals surface area contributed by atoms with E-state index >= 15 is 0 Å². The summed E-state index contributed by atoms with van der Waals surface area (Å²) in [6.07, 6.45) is 5.53. The molecular formula is C15H19NS. The van der Waals surface area contributed by atoms with Gasteiger partial charge in [-0.05, 0) is 47.7 Å². The van der Waals surface area contributed by atoms with Crippen LogP contribution in [0.3, 0.4) is 0 Å². The van der Waals surface area contributed by atoms with Crippen molar-refractivity contribution in [3.8, 4) is 0 Å². The number of rotatable bonds is 3. The van der Waals surface area contributed by atoms with Crippen LogP contribution >= 0.6 is 11.3 Å². The second-order valence-corrected chi connectivity index (χ2v) is 5.98. The zero-order valence-electron chi connectivity index (χ0n) is 10.3. The Kier molecular flexibility index (Phi) is 3.17. The number of benzene rings is 1. The van der Waals surface area contributed by atoms with Crippen LogP contribution in [0.4, 0.5) is 0 Å². The molecule has 1 aromatic heterocycles. The molecule has 1 N–H and O–H groups in total.